The zero-order valence-corrected chi connectivity index (χ0v) is 14.8. The van der Waals surface area contributed by atoms with E-state index in [1.165, 1.54) is 29.3 Å². The van der Waals surface area contributed by atoms with Crippen molar-refractivity contribution in [1.82, 2.24) is 14.3 Å². The number of carbonyl (C=O) groups excluding carboxylic acids is 1. The molecule has 8 heteroatoms. The minimum absolute atomic E-state index is 0.112. The molecule has 1 aliphatic carbocycles. The van der Waals surface area contributed by atoms with Gasteiger partial charge in [-0.1, -0.05) is 0 Å². The lowest BCUT2D eigenvalue weighted by atomic mass is 10.2. The Labute approximate surface area is 143 Å². The standard InChI is InChI=1S/C15H19N5OS2/c1-8-12(14(23-19-8)16-9-3-4-9)13(21)18-15-17-10-5-6-20(2)7-11(10)22-15/h9,16H,3-7H2,1-2H3,(H,17,18,21). The molecule has 0 atom stereocenters. The summed E-state index contributed by atoms with van der Waals surface area (Å²) in [5.41, 5.74) is 2.56. The maximum absolute atomic E-state index is 12.7. The van der Waals surface area contributed by atoms with Crippen LogP contribution >= 0.6 is 22.9 Å². The summed E-state index contributed by atoms with van der Waals surface area (Å²) in [5.74, 6) is -0.112. The average molecular weight is 349 g/mol. The van der Waals surface area contributed by atoms with E-state index in [1.807, 2.05) is 6.92 Å². The highest BCUT2D eigenvalue weighted by atomic mass is 32.1. The quantitative estimate of drug-likeness (QED) is 0.888. The molecule has 0 bridgehead atoms. The van der Waals surface area contributed by atoms with E-state index in [0.29, 0.717) is 16.7 Å². The summed E-state index contributed by atoms with van der Waals surface area (Å²) >= 11 is 2.95. The summed E-state index contributed by atoms with van der Waals surface area (Å²) in [6, 6.07) is 0.504. The van der Waals surface area contributed by atoms with E-state index in [0.717, 1.165) is 35.9 Å². The van der Waals surface area contributed by atoms with Crippen LogP contribution in [-0.2, 0) is 13.0 Å². The molecule has 23 heavy (non-hydrogen) atoms. The van der Waals surface area contributed by atoms with Crippen LogP contribution in [0, 0.1) is 6.92 Å². The van der Waals surface area contributed by atoms with Gasteiger partial charge in [-0.15, -0.1) is 11.3 Å². The molecule has 6 nitrogen and oxygen atoms in total. The number of likely N-dealkylation sites (N-methyl/N-ethyl adjacent to an activating group) is 1. The topological polar surface area (TPSA) is 70.1 Å². The number of aryl methyl sites for hydroxylation is 1. The van der Waals surface area contributed by atoms with Gasteiger partial charge in [0.1, 0.15) is 5.00 Å². The molecule has 1 fully saturated rings. The minimum Gasteiger partial charge on any atom is -0.372 e. The molecule has 4 rings (SSSR count). The fourth-order valence-electron chi connectivity index (χ4n) is 2.68. The SMILES string of the molecule is Cc1nsc(NC2CC2)c1C(=O)Nc1nc2c(s1)CN(C)CC2. The number of aromatic nitrogens is 2. The van der Waals surface area contributed by atoms with Crippen molar-refractivity contribution in [3.63, 3.8) is 0 Å². The van der Waals surface area contributed by atoms with E-state index in [4.69, 9.17) is 0 Å². The monoisotopic (exact) mass is 349 g/mol. The van der Waals surface area contributed by atoms with Crippen LogP contribution in [-0.4, -0.2) is 39.8 Å². The van der Waals surface area contributed by atoms with Crippen molar-refractivity contribution in [2.24, 2.45) is 0 Å². The van der Waals surface area contributed by atoms with E-state index in [2.05, 4.69) is 31.9 Å². The number of nitrogens with one attached hydrogen (secondary N) is 2. The molecule has 2 aliphatic rings. The molecule has 2 N–H and O–H groups in total. The second kappa shape index (κ2) is 5.85. The first-order valence-electron chi connectivity index (χ1n) is 7.81. The number of amides is 1. The lowest BCUT2D eigenvalue weighted by Crippen LogP contribution is -2.25. The molecule has 3 heterocycles. The van der Waals surface area contributed by atoms with Gasteiger partial charge in [-0.25, -0.2) is 4.98 Å². The molecule has 2 aromatic heterocycles. The third-order valence-electron chi connectivity index (χ3n) is 4.14. The lowest BCUT2D eigenvalue weighted by molar-refractivity contribution is 0.102. The van der Waals surface area contributed by atoms with Gasteiger partial charge in [-0.3, -0.25) is 10.1 Å². The Hall–Kier alpha value is -1.51. The summed E-state index contributed by atoms with van der Waals surface area (Å²) in [4.78, 5) is 20.8. The van der Waals surface area contributed by atoms with Crippen molar-refractivity contribution in [2.45, 2.75) is 38.8 Å². The van der Waals surface area contributed by atoms with Gasteiger partial charge in [-0.2, -0.15) is 4.37 Å². The van der Waals surface area contributed by atoms with Gasteiger partial charge >= 0.3 is 0 Å². The summed E-state index contributed by atoms with van der Waals surface area (Å²) in [6.07, 6.45) is 3.29. The first-order valence-corrected chi connectivity index (χ1v) is 9.40. The molecule has 0 radical (unpaired) electrons. The van der Waals surface area contributed by atoms with Crippen molar-refractivity contribution in [2.75, 3.05) is 24.2 Å². The maximum Gasteiger partial charge on any atom is 0.262 e. The van der Waals surface area contributed by atoms with Crippen LogP contribution in [0.15, 0.2) is 0 Å². The number of thiazole rings is 1. The Bertz CT molecular complexity index is 749. The van der Waals surface area contributed by atoms with Crippen molar-refractivity contribution in [3.05, 3.63) is 21.8 Å². The van der Waals surface area contributed by atoms with Crippen LogP contribution in [0.4, 0.5) is 10.1 Å². The number of anilines is 2. The molecule has 2 aromatic rings. The summed E-state index contributed by atoms with van der Waals surface area (Å²) in [7, 11) is 2.11. The van der Waals surface area contributed by atoms with Crippen molar-refractivity contribution < 1.29 is 4.79 Å². The fraction of sp³-hybridized carbons (Fsp3) is 0.533. The van der Waals surface area contributed by atoms with Crippen LogP contribution in [0.1, 0.15) is 39.5 Å². The highest BCUT2D eigenvalue weighted by Gasteiger charge is 2.27. The molecule has 1 saturated carbocycles. The van der Waals surface area contributed by atoms with Crippen LogP contribution in [0.3, 0.4) is 0 Å². The Balaban J connectivity index is 1.53. The van der Waals surface area contributed by atoms with E-state index in [-0.39, 0.29) is 5.91 Å². The molecular formula is C15H19N5OS2. The van der Waals surface area contributed by atoms with Gasteiger partial charge in [0.05, 0.1) is 17.0 Å². The smallest absolute Gasteiger partial charge is 0.262 e. The molecule has 0 spiro atoms. The van der Waals surface area contributed by atoms with Gasteiger partial charge in [0, 0.05) is 30.4 Å². The van der Waals surface area contributed by atoms with Crippen LogP contribution in [0.25, 0.3) is 0 Å². The molecule has 0 saturated heterocycles. The number of hydrogen-bond acceptors (Lipinski definition) is 7. The third kappa shape index (κ3) is 3.11. The van der Waals surface area contributed by atoms with Crippen molar-refractivity contribution in [3.8, 4) is 0 Å². The van der Waals surface area contributed by atoms with Gasteiger partial charge in [0.25, 0.3) is 5.91 Å². The Morgan fingerprint density at radius 2 is 2.22 bits per heavy atom. The molecule has 1 aliphatic heterocycles. The zero-order chi connectivity index (χ0) is 16.0. The highest BCUT2D eigenvalue weighted by Crippen LogP contribution is 2.33. The first-order chi connectivity index (χ1) is 11.1. The predicted molar refractivity (Wildman–Crippen MR) is 93.6 cm³/mol. The first kappa shape index (κ1) is 15.0. The Morgan fingerprint density at radius 3 is 3.00 bits per heavy atom. The summed E-state index contributed by atoms with van der Waals surface area (Å²) in [5, 5.41) is 7.94. The van der Waals surface area contributed by atoms with E-state index in [9.17, 15) is 4.79 Å². The second-order valence-corrected chi connectivity index (χ2v) is 8.08. The number of nitrogens with zero attached hydrogens (tertiary/aromatic N) is 3. The third-order valence-corrected chi connectivity index (χ3v) is 6.01. The molecule has 122 valence electrons. The second-order valence-electron chi connectivity index (χ2n) is 6.22. The molecule has 0 aromatic carbocycles. The average Bonchev–Trinajstić information content (AvgIpc) is 3.11. The molecule has 1 amide bonds. The molecule has 0 unspecified atom stereocenters. The van der Waals surface area contributed by atoms with Crippen molar-refractivity contribution in [1.29, 1.82) is 0 Å². The van der Waals surface area contributed by atoms with Crippen LogP contribution in [0.2, 0.25) is 0 Å². The minimum atomic E-state index is -0.112. The number of rotatable bonds is 4. The fourth-order valence-corrected chi connectivity index (χ4v) is 4.64. The van der Waals surface area contributed by atoms with E-state index < -0.39 is 0 Å². The Kier molecular flexibility index (Phi) is 3.82. The number of fused-ring (bicyclic) bond motifs is 1. The molecular weight excluding hydrogens is 330 g/mol. The van der Waals surface area contributed by atoms with Gasteiger partial charge in [0.2, 0.25) is 0 Å². The highest BCUT2D eigenvalue weighted by molar-refractivity contribution is 7.16. The maximum atomic E-state index is 12.7. The largest absolute Gasteiger partial charge is 0.372 e. The Morgan fingerprint density at radius 1 is 1.39 bits per heavy atom. The summed E-state index contributed by atoms with van der Waals surface area (Å²) in [6.45, 7) is 3.81. The number of hydrogen-bond donors (Lipinski definition) is 2. The zero-order valence-electron chi connectivity index (χ0n) is 13.2. The van der Waals surface area contributed by atoms with Gasteiger partial charge in [0.15, 0.2) is 5.13 Å². The van der Waals surface area contributed by atoms with Crippen molar-refractivity contribution >= 4 is 38.9 Å². The van der Waals surface area contributed by atoms with E-state index >= 15 is 0 Å². The lowest BCUT2D eigenvalue weighted by Gasteiger charge is -2.20. The van der Waals surface area contributed by atoms with E-state index in [1.54, 1.807) is 11.3 Å². The predicted octanol–water partition coefficient (Wildman–Crippen LogP) is 2.72. The number of carbonyl (C=O) groups is 1. The normalized spacial score (nSPS) is 17.8. The van der Waals surface area contributed by atoms with Gasteiger partial charge in [-0.05, 0) is 38.3 Å². The van der Waals surface area contributed by atoms with Crippen LogP contribution in [0.5, 0.6) is 0 Å². The van der Waals surface area contributed by atoms with Gasteiger partial charge < -0.3 is 10.2 Å². The summed E-state index contributed by atoms with van der Waals surface area (Å²) < 4.78 is 4.33. The van der Waals surface area contributed by atoms with Crippen LogP contribution < -0.4 is 10.6 Å².